The topological polar surface area (TPSA) is 47.1 Å². The van der Waals surface area contributed by atoms with Crippen LogP contribution in [-0.2, 0) is 13.1 Å². The number of nitrogens with zero attached hydrogens (tertiary/aromatic N) is 3. The molecular formula is C16H26N4. The van der Waals surface area contributed by atoms with Crippen LogP contribution >= 0.6 is 0 Å². The van der Waals surface area contributed by atoms with Crippen molar-refractivity contribution < 1.29 is 0 Å². The highest BCUT2D eigenvalue weighted by Gasteiger charge is 2.25. The quantitative estimate of drug-likeness (QED) is 0.881. The average Bonchev–Trinajstić information content (AvgIpc) is 2.82. The Bertz CT molecular complexity index is 571. The largest absolute Gasteiger partial charge is 0.329 e. The van der Waals surface area contributed by atoms with Crippen molar-refractivity contribution in [2.75, 3.05) is 13.1 Å². The second kappa shape index (κ2) is 5.94. The fraction of sp³-hybridized carbons (Fsp3) is 0.562. The Kier molecular flexibility index (Phi) is 4.45. The number of nitrogens with two attached hydrogens (primary N) is 1. The minimum absolute atomic E-state index is 0.00809. The molecule has 1 heterocycles. The predicted octanol–water partition coefficient (Wildman–Crippen LogP) is 2.62. The molecule has 0 aliphatic rings. The number of fused-ring (bicyclic) bond motifs is 1. The van der Waals surface area contributed by atoms with Crippen LogP contribution in [0, 0.1) is 0 Å². The van der Waals surface area contributed by atoms with E-state index in [9.17, 15) is 0 Å². The molecule has 110 valence electrons. The van der Waals surface area contributed by atoms with Gasteiger partial charge in [0.1, 0.15) is 0 Å². The van der Waals surface area contributed by atoms with Gasteiger partial charge in [0.05, 0.1) is 11.2 Å². The van der Waals surface area contributed by atoms with Crippen LogP contribution in [0.4, 0.5) is 0 Å². The third-order valence-corrected chi connectivity index (χ3v) is 4.11. The minimum Gasteiger partial charge on any atom is -0.329 e. The smallest absolute Gasteiger partial charge is 0.0843 e. The van der Waals surface area contributed by atoms with E-state index in [-0.39, 0.29) is 5.54 Å². The minimum atomic E-state index is -0.00809. The molecule has 1 aromatic carbocycles. The van der Waals surface area contributed by atoms with Crippen LogP contribution in [0.3, 0.4) is 0 Å². The van der Waals surface area contributed by atoms with E-state index < -0.39 is 0 Å². The summed E-state index contributed by atoms with van der Waals surface area (Å²) in [6.45, 7) is 12.0. The van der Waals surface area contributed by atoms with Crippen LogP contribution in [0.15, 0.2) is 24.3 Å². The molecular weight excluding hydrogens is 248 g/mol. The molecule has 0 amide bonds. The van der Waals surface area contributed by atoms with Gasteiger partial charge < -0.3 is 5.73 Å². The summed E-state index contributed by atoms with van der Waals surface area (Å²) in [6.07, 6.45) is 0. The average molecular weight is 274 g/mol. The molecule has 0 aliphatic carbocycles. The van der Waals surface area contributed by atoms with Gasteiger partial charge in [-0.1, -0.05) is 25.1 Å². The third-order valence-electron chi connectivity index (χ3n) is 4.11. The van der Waals surface area contributed by atoms with Gasteiger partial charge in [-0.05, 0) is 33.4 Å². The van der Waals surface area contributed by atoms with Gasteiger partial charge in [0.25, 0.3) is 0 Å². The number of aryl methyl sites for hydroxylation is 1. The fourth-order valence-corrected chi connectivity index (χ4v) is 2.62. The first kappa shape index (κ1) is 15.0. The summed E-state index contributed by atoms with van der Waals surface area (Å²) in [6, 6.07) is 8.45. The van der Waals surface area contributed by atoms with Crippen molar-refractivity contribution in [1.29, 1.82) is 0 Å². The van der Waals surface area contributed by atoms with Gasteiger partial charge in [-0.2, -0.15) is 5.10 Å². The number of hydrogen-bond donors (Lipinski definition) is 1. The first-order valence-corrected chi connectivity index (χ1v) is 7.43. The molecule has 2 N–H and O–H groups in total. The molecule has 0 unspecified atom stereocenters. The van der Waals surface area contributed by atoms with Crippen molar-refractivity contribution in [3.63, 3.8) is 0 Å². The van der Waals surface area contributed by atoms with Crippen LogP contribution in [-0.4, -0.2) is 33.3 Å². The lowest BCUT2D eigenvalue weighted by atomic mass is 10.0. The number of hydrogen-bond acceptors (Lipinski definition) is 3. The zero-order valence-electron chi connectivity index (χ0n) is 13.1. The molecule has 0 aliphatic heterocycles. The number of aromatic nitrogens is 2. The van der Waals surface area contributed by atoms with E-state index in [1.54, 1.807) is 0 Å². The Labute approximate surface area is 121 Å². The van der Waals surface area contributed by atoms with Crippen molar-refractivity contribution in [3.05, 3.63) is 30.0 Å². The molecule has 0 atom stereocenters. The lowest BCUT2D eigenvalue weighted by molar-refractivity contribution is 0.124. The first-order valence-electron chi connectivity index (χ1n) is 7.43. The first-order chi connectivity index (χ1) is 9.53. The fourth-order valence-electron chi connectivity index (χ4n) is 2.62. The standard InChI is InChI=1S/C16H26N4/c1-5-19(16(3,4)12-17)11-14-13-9-7-8-10-15(13)20(6-2)18-14/h7-10H,5-6,11-12,17H2,1-4H3. The number of rotatable bonds is 6. The maximum absolute atomic E-state index is 5.91. The monoisotopic (exact) mass is 274 g/mol. The van der Waals surface area contributed by atoms with Crippen molar-refractivity contribution in [1.82, 2.24) is 14.7 Å². The number of para-hydroxylation sites is 1. The Balaban J connectivity index is 2.38. The molecule has 0 saturated heterocycles. The predicted molar refractivity (Wildman–Crippen MR) is 84.6 cm³/mol. The summed E-state index contributed by atoms with van der Waals surface area (Å²) in [7, 11) is 0. The lowest BCUT2D eigenvalue weighted by Crippen LogP contribution is -2.48. The van der Waals surface area contributed by atoms with Gasteiger partial charge in [0.2, 0.25) is 0 Å². The molecule has 0 spiro atoms. The zero-order valence-corrected chi connectivity index (χ0v) is 13.1. The Hall–Kier alpha value is -1.39. The van der Waals surface area contributed by atoms with E-state index in [4.69, 9.17) is 10.8 Å². The maximum atomic E-state index is 5.91. The molecule has 4 nitrogen and oxygen atoms in total. The van der Waals surface area contributed by atoms with E-state index in [1.165, 1.54) is 10.9 Å². The van der Waals surface area contributed by atoms with Gasteiger partial charge in [-0.15, -0.1) is 0 Å². The Morgan fingerprint density at radius 1 is 1.25 bits per heavy atom. The van der Waals surface area contributed by atoms with E-state index in [2.05, 4.69) is 61.5 Å². The van der Waals surface area contributed by atoms with Crippen LogP contribution in [0.1, 0.15) is 33.4 Å². The molecule has 0 radical (unpaired) electrons. The third kappa shape index (κ3) is 2.72. The van der Waals surface area contributed by atoms with Gasteiger partial charge >= 0.3 is 0 Å². The highest BCUT2D eigenvalue weighted by molar-refractivity contribution is 5.81. The summed E-state index contributed by atoms with van der Waals surface area (Å²) in [5.41, 5.74) is 8.26. The van der Waals surface area contributed by atoms with Gasteiger partial charge in [0.15, 0.2) is 0 Å². The van der Waals surface area contributed by atoms with Gasteiger partial charge in [-0.3, -0.25) is 9.58 Å². The summed E-state index contributed by atoms with van der Waals surface area (Å²) >= 11 is 0. The van der Waals surface area contributed by atoms with Crippen molar-refractivity contribution in [2.24, 2.45) is 5.73 Å². The normalized spacial score (nSPS) is 12.5. The van der Waals surface area contributed by atoms with Crippen LogP contribution in [0.5, 0.6) is 0 Å². The van der Waals surface area contributed by atoms with Crippen LogP contribution < -0.4 is 5.73 Å². The van der Waals surface area contributed by atoms with Crippen molar-refractivity contribution in [3.8, 4) is 0 Å². The molecule has 2 aromatic rings. The summed E-state index contributed by atoms with van der Waals surface area (Å²) in [5.74, 6) is 0. The maximum Gasteiger partial charge on any atom is 0.0843 e. The van der Waals surface area contributed by atoms with Crippen LogP contribution in [0.25, 0.3) is 10.9 Å². The Morgan fingerprint density at radius 3 is 2.55 bits per heavy atom. The summed E-state index contributed by atoms with van der Waals surface area (Å²) in [4.78, 5) is 2.39. The van der Waals surface area contributed by atoms with Crippen molar-refractivity contribution in [2.45, 2.75) is 46.3 Å². The van der Waals surface area contributed by atoms with E-state index in [0.717, 1.165) is 25.3 Å². The van der Waals surface area contributed by atoms with Crippen molar-refractivity contribution >= 4 is 10.9 Å². The lowest BCUT2D eigenvalue weighted by Gasteiger charge is -2.36. The second-order valence-electron chi connectivity index (χ2n) is 5.81. The molecule has 0 bridgehead atoms. The van der Waals surface area contributed by atoms with E-state index in [1.807, 2.05) is 0 Å². The highest BCUT2D eigenvalue weighted by Crippen LogP contribution is 2.22. The number of benzene rings is 1. The van der Waals surface area contributed by atoms with Gasteiger partial charge in [-0.25, -0.2) is 0 Å². The highest BCUT2D eigenvalue weighted by atomic mass is 15.3. The van der Waals surface area contributed by atoms with Crippen LogP contribution in [0.2, 0.25) is 0 Å². The number of likely N-dealkylation sites (N-methyl/N-ethyl adjacent to an activating group) is 1. The SMILES string of the molecule is CCN(Cc1nn(CC)c2ccccc12)C(C)(C)CN. The van der Waals surface area contributed by atoms with Gasteiger partial charge in [0, 0.05) is 30.6 Å². The van der Waals surface area contributed by atoms with E-state index >= 15 is 0 Å². The van der Waals surface area contributed by atoms with E-state index in [0.29, 0.717) is 6.54 Å². The molecule has 0 saturated carbocycles. The molecule has 1 aromatic heterocycles. The summed E-state index contributed by atoms with van der Waals surface area (Å²) < 4.78 is 2.08. The Morgan fingerprint density at radius 2 is 1.95 bits per heavy atom. The summed E-state index contributed by atoms with van der Waals surface area (Å²) in [5, 5.41) is 6.03. The zero-order chi connectivity index (χ0) is 14.8. The molecule has 20 heavy (non-hydrogen) atoms. The molecule has 0 fully saturated rings. The molecule has 4 heteroatoms. The molecule has 2 rings (SSSR count). The second-order valence-corrected chi connectivity index (χ2v) is 5.81.